The second-order valence-electron chi connectivity index (χ2n) is 5.71. The predicted molar refractivity (Wildman–Crippen MR) is 106 cm³/mol. The van der Waals surface area contributed by atoms with Gasteiger partial charge < -0.3 is 9.15 Å². The fourth-order valence-electron chi connectivity index (χ4n) is 2.30. The summed E-state index contributed by atoms with van der Waals surface area (Å²) in [4.78, 5) is 28.7. The van der Waals surface area contributed by atoms with Crippen LogP contribution in [0.3, 0.4) is 0 Å². The van der Waals surface area contributed by atoms with E-state index < -0.39 is 21.7 Å². The number of carbonyl (C=O) groups excluding carboxylic acids is 2. The van der Waals surface area contributed by atoms with E-state index in [4.69, 9.17) is 9.15 Å². The second kappa shape index (κ2) is 8.41. The molecule has 0 radical (unpaired) electrons. The number of sulfone groups is 1. The van der Waals surface area contributed by atoms with Crippen molar-refractivity contribution in [1.29, 1.82) is 0 Å². The molecule has 3 aromatic rings. The van der Waals surface area contributed by atoms with E-state index in [-0.39, 0.29) is 32.4 Å². The molecule has 0 aliphatic heterocycles. The maximum Gasteiger partial charge on any atom is 0.350 e. The van der Waals surface area contributed by atoms with Crippen molar-refractivity contribution in [2.45, 2.75) is 16.9 Å². The lowest BCUT2D eigenvalue weighted by atomic mass is 10.4. The maximum absolute atomic E-state index is 12.5. The van der Waals surface area contributed by atoms with Gasteiger partial charge in [-0.05, 0) is 31.2 Å². The van der Waals surface area contributed by atoms with Crippen LogP contribution in [0.5, 0.6) is 0 Å². The molecule has 150 valence electrons. The first kappa shape index (κ1) is 20.5. The minimum atomic E-state index is -3.88. The number of esters is 1. The minimum Gasteiger partial charge on any atom is -0.457 e. The van der Waals surface area contributed by atoms with Gasteiger partial charge in [0, 0.05) is 0 Å². The number of hydrogen-bond donors (Lipinski definition) is 1. The molecule has 0 saturated carbocycles. The van der Waals surface area contributed by atoms with Gasteiger partial charge in [-0.15, -0.1) is 0 Å². The Bertz CT molecular complexity index is 1160. The average Bonchev–Trinajstić information content (AvgIpc) is 3.34. The van der Waals surface area contributed by atoms with E-state index in [9.17, 15) is 18.0 Å². The monoisotopic (exact) mass is 432 g/mol. The topological polar surface area (TPSA) is 116 Å². The van der Waals surface area contributed by atoms with Crippen LogP contribution in [0.15, 0.2) is 69.5 Å². The van der Waals surface area contributed by atoms with Crippen molar-refractivity contribution in [2.24, 2.45) is 0 Å². The molecule has 0 bridgehead atoms. The fourth-order valence-corrected chi connectivity index (χ4v) is 4.35. The molecule has 0 fully saturated rings. The molecule has 0 saturated heterocycles. The molecule has 1 N–H and O–H groups in total. The lowest BCUT2D eigenvalue weighted by Crippen LogP contribution is -2.10. The first-order chi connectivity index (χ1) is 13.8. The van der Waals surface area contributed by atoms with Crippen LogP contribution in [-0.4, -0.2) is 31.9 Å². The van der Waals surface area contributed by atoms with Crippen molar-refractivity contribution in [3.8, 4) is 0 Å². The van der Waals surface area contributed by atoms with Crippen molar-refractivity contribution < 1.29 is 27.2 Å². The Kier molecular flexibility index (Phi) is 5.95. The van der Waals surface area contributed by atoms with Gasteiger partial charge in [-0.25, -0.2) is 18.2 Å². The van der Waals surface area contributed by atoms with Crippen LogP contribution < -0.4 is 5.32 Å². The number of nitrogens with one attached hydrogen (secondary N) is 1. The summed E-state index contributed by atoms with van der Waals surface area (Å²) in [6.07, 6.45) is 1.44. The minimum absolute atomic E-state index is 0.0551. The average molecular weight is 432 g/mol. The van der Waals surface area contributed by atoms with Gasteiger partial charge in [0.25, 0.3) is 5.91 Å². The number of furan rings is 1. The zero-order valence-electron chi connectivity index (χ0n) is 15.2. The first-order valence-corrected chi connectivity index (χ1v) is 10.6. The van der Waals surface area contributed by atoms with Gasteiger partial charge in [0.05, 0.1) is 10.6 Å². The Morgan fingerprint density at radius 1 is 1.24 bits per heavy atom. The number of aryl methyl sites for hydroxylation is 1. The molecule has 2 aromatic heterocycles. The van der Waals surface area contributed by atoms with Gasteiger partial charge >= 0.3 is 5.97 Å². The van der Waals surface area contributed by atoms with E-state index >= 15 is 0 Å². The molecule has 0 unspecified atom stereocenters. The molecule has 0 atom stereocenters. The van der Waals surface area contributed by atoms with Gasteiger partial charge in [0.15, 0.2) is 10.9 Å². The van der Waals surface area contributed by atoms with E-state index in [1.54, 1.807) is 25.1 Å². The molecule has 2 heterocycles. The highest BCUT2D eigenvalue weighted by atomic mass is 32.2. The Morgan fingerprint density at radius 3 is 2.66 bits per heavy atom. The number of carbonyl (C=O) groups is 2. The smallest absolute Gasteiger partial charge is 0.350 e. The standard InChI is InChI=1S/C19H16N2O6S2/c1-3-11-26-18(23)16-12(2)20-19(28-16)21-17(22)14-9-10-15(27-14)29(24,25)13-7-5-4-6-8-13/h3-10H,1,11H2,2H3,(H,20,21,22). The highest BCUT2D eigenvalue weighted by molar-refractivity contribution is 7.91. The number of amides is 1. The zero-order valence-corrected chi connectivity index (χ0v) is 16.9. The summed E-state index contributed by atoms with van der Waals surface area (Å²) >= 11 is 0.938. The summed E-state index contributed by atoms with van der Waals surface area (Å²) in [5, 5.41) is 2.29. The van der Waals surface area contributed by atoms with Crippen LogP contribution >= 0.6 is 11.3 Å². The van der Waals surface area contributed by atoms with E-state index in [0.717, 1.165) is 11.3 Å². The maximum atomic E-state index is 12.5. The zero-order chi connectivity index (χ0) is 21.0. The number of nitrogens with zero attached hydrogens (tertiary/aromatic N) is 1. The van der Waals surface area contributed by atoms with Crippen LogP contribution in [0.25, 0.3) is 0 Å². The molecule has 29 heavy (non-hydrogen) atoms. The fraction of sp³-hybridized carbons (Fsp3) is 0.105. The van der Waals surface area contributed by atoms with Crippen molar-refractivity contribution in [3.05, 3.63) is 71.5 Å². The van der Waals surface area contributed by atoms with Crippen LogP contribution in [0.4, 0.5) is 5.13 Å². The summed E-state index contributed by atoms with van der Waals surface area (Å²) in [5.41, 5.74) is 0.395. The molecule has 0 spiro atoms. The van der Waals surface area contributed by atoms with Crippen LogP contribution in [-0.2, 0) is 14.6 Å². The molecule has 1 amide bonds. The highest BCUT2D eigenvalue weighted by Gasteiger charge is 2.24. The van der Waals surface area contributed by atoms with Gasteiger partial charge in [0.1, 0.15) is 11.5 Å². The molecule has 8 nitrogen and oxygen atoms in total. The molecular weight excluding hydrogens is 416 g/mol. The molecule has 1 aromatic carbocycles. The van der Waals surface area contributed by atoms with E-state index in [1.807, 2.05) is 0 Å². The Morgan fingerprint density at radius 2 is 1.97 bits per heavy atom. The normalized spacial score (nSPS) is 11.1. The number of hydrogen-bond acceptors (Lipinski definition) is 8. The van der Waals surface area contributed by atoms with Gasteiger partial charge in [-0.2, -0.15) is 0 Å². The summed E-state index contributed by atoms with van der Waals surface area (Å²) < 4.78 is 35.3. The molecule has 0 aliphatic rings. The van der Waals surface area contributed by atoms with E-state index in [0.29, 0.717) is 5.69 Å². The Balaban J connectivity index is 1.76. The van der Waals surface area contributed by atoms with Crippen molar-refractivity contribution in [1.82, 2.24) is 4.98 Å². The molecule has 0 aliphatic carbocycles. The highest BCUT2D eigenvalue weighted by Crippen LogP contribution is 2.26. The van der Waals surface area contributed by atoms with E-state index in [2.05, 4.69) is 16.9 Å². The SMILES string of the molecule is C=CCOC(=O)c1sc(NC(=O)c2ccc(S(=O)(=O)c3ccccc3)o2)nc1C. The van der Waals surface area contributed by atoms with Crippen LogP contribution in [0.2, 0.25) is 0 Å². The second-order valence-corrected chi connectivity index (χ2v) is 8.59. The number of thiazole rings is 1. The summed E-state index contributed by atoms with van der Waals surface area (Å²) in [6.45, 7) is 5.13. The van der Waals surface area contributed by atoms with Gasteiger partial charge in [0.2, 0.25) is 14.9 Å². The summed E-state index contributed by atoms with van der Waals surface area (Å²) in [5.74, 6) is -1.47. The quantitative estimate of drug-likeness (QED) is 0.449. The third kappa shape index (κ3) is 4.44. The number of benzene rings is 1. The van der Waals surface area contributed by atoms with Crippen LogP contribution in [0, 0.1) is 6.92 Å². The molecule has 3 rings (SSSR count). The lowest BCUT2D eigenvalue weighted by Gasteiger charge is -2.01. The Hall–Kier alpha value is -3.24. The van der Waals surface area contributed by atoms with Crippen molar-refractivity contribution >= 4 is 38.2 Å². The lowest BCUT2D eigenvalue weighted by molar-refractivity contribution is 0.0554. The van der Waals surface area contributed by atoms with Gasteiger partial charge in [-0.3, -0.25) is 10.1 Å². The third-order valence-electron chi connectivity index (χ3n) is 3.66. The first-order valence-electron chi connectivity index (χ1n) is 8.29. The van der Waals surface area contributed by atoms with Crippen molar-refractivity contribution in [2.75, 3.05) is 11.9 Å². The predicted octanol–water partition coefficient (Wildman–Crippen LogP) is 3.47. The van der Waals surface area contributed by atoms with E-state index in [1.165, 1.54) is 30.3 Å². The summed E-state index contributed by atoms with van der Waals surface area (Å²) in [7, 11) is -3.88. The number of aromatic nitrogens is 1. The number of rotatable bonds is 7. The molecular formula is C19H16N2O6S2. The van der Waals surface area contributed by atoms with Gasteiger partial charge in [-0.1, -0.05) is 42.2 Å². The summed E-state index contributed by atoms with van der Waals surface area (Å²) in [6, 6.07) is 10.2. The molecule has 10 heteroatoms. The van der Waals surface area contributed by atoms with Crippen molar-refractivity contribution in [3.63, 3.8) is 0 Å². The number of anilines is 1. The third-order valence-corrected chi connectivity index (χ3v) is 6.35. The largest absolute Gasteiger partial charge is 0.457 e. The van der Waals surface area contributed by atoms with Crippen LogP contribution in [0.1, 0.15) is 25.9 Å². The number of ether oxygens (including phenoxy) is 1. The Labute approximate surface area is 170 Å².